The molecule has 0 aliphatic carbocycles. The zero-order chi connectivity index (χ0) is 18.9. The lowest BCUT2D eigenvalue weighted by Crippen LogP contribution is -2.11. The maximum atomic E-state index is 13.4. The van der Waals surface area contributed by atoms with Crippen LogP contribution in [0.5, 0.6) is 0 Å². The monoisotopic (exact) mass is 378 g/mol. The van der Waals surface area contributed by atoms with Crippen molar-refractivity contribution in [1.29, 1.82) is 0 Å². The van der Waals surface area contributed by atoms with Crippen LogP contribution in [0.1, 0.15) is 20.8 Å². The second-order valence-corrected chi connectivity index (χ2v) is 6.01. The van der Waals surface area contributed by atoms with E-state index in [0.717, 1.165) is 24.3 Å². The van der Waals surface area contributed by atoms with Crippen molar-refractivity contribution in [3.63, 3.8) is 0 Å². The van der Waals surface area contributed by atoms with E-state index in [1.807, 2.05) is 0 Å². The molecular weight excluding hydrogens is 369 g/mol. The molecule has 0 unspecified atom stereocenters. The summed E-state index contributed by atoms with van der Waals surface area (Å²) in [5.74, 6) is -0.889. The molecule has 0 N–H and O–H groups in total. The first-order chi connectivity index (χ1) is 12.3. The molecule has 0 atom stereocenters. The predicted molar refractivity (Wildman–Crippen MR) is 89.1 cm³/mol. The molecular formula is C17H9F3N2O3S. The van der Waals surface area contributed by atoms with Gasteiger partial charge < -0.3 is 0 Å². The summed E-state index contributed by atoms with van der Waals surface area (Å²) in [5, 5.41) is 10.7. The molecule has 0 aliphatic rings. The number of carbonyl (C=O) groups excluding carboxylic acids is 1. The zero-order valence-corrected chi connectivity index (χ0v) is 13.7. The van der Waals surface area contributed by atoms with E-state index in [1.54, 1.807) is 30.3 Å². The molecule has 3 rings (SSSR count). The molecule has 3 aromatic rings. The lowest BCUT2D eigenvalue weighted by Gasteiger charge is -2.08. The molecule has 1 aromatic heterocycles. The lowest BCUT2D eigenvalue weighted by atomic mass is 9.98. The van der Waals surface area contributed by atoms with Gasteiger partial charge in [-0.15, -0.1) is 0 Å². The van der Waals surface area contributed by atoms with Gasteiger partial charge in [-0.3, -0.25) is 14.9 Å². The third kappa shape index (κ3) is 3.33. The van der Waals surface area contributed by atoms with Crippen molar-refractivity contribution >= 4 is 23.0 Å². The highest BCUT2D eigenvalue weighted by Crippen LogP contribution is 2.40. The smallest absolute Gasteiger partial charge is 0.288 e. The van der Waals surface area contributed by atoms with Gasteiger partial charge in [-0.05, 0) is 23.7 Å². The average molecular weight is 378 g/mol. The van der Waals surface area contributed by atoms with Gasteiger partial charge in [0.25, 0.3) is 5.69 Å². The molecule has 0 saturated carbocycles. The van der Waals surface area contributed by atoms with Gasteiger partial charge in [-0.1, -0.05) is 30.3 Å². The Balaban J connectivity index is 2.14. The number of benzene rings is 2. The molecule has 2 aromatic carbocycles. The van der Waals surface area contributed by atoms with Crippen molar-refractivity contribution in [3.05, 3.63) is 80.7 Å². The standard InChI is InChI=1S/C17H9F3N2O3S/c18-17(19,20)16-13(14(21-26-16)10-4-2-1-3-5-10)15(23)11-6-8-12(9-7-11)22(24)25/h1-9H. The van der Waals surface area contributed by atoms with Crippen LogP contribution in [0.25, 0.3) is 11.3 Å². The van der Waals surface area contributed by atoms with Crippen molar-refractivity contribution in [1.82, 2.24) is 4.37 Å². The summed E-state index contributed by atoms with van der Waals surface area (Å²) in [6.45, 7) is 0. The van der Waals surface area contributed by atoms with Gasteiger partial charge in [0.1, 0.15) is 4.88 Å². The highest BCUT2D eigenvalue weighted by atomic mass is 32.1. The first-order valence-electron chi connectivity index (χ1n) is 7.20. The van der Waals surface area contributed by atoms with Crippen molar-refractivity contribution < 1.29 is 22.9 Å². The maximum absolute atomic E-state index is 13.4. The van der Waals surface area contributed by atoms with Gasteiger partial charge in [0.2, 0.25) is 0 Å². The van der Waals surface area contributed by atoms with E-state index in [9.17, 15) is 28.1 Å². The Bertz CT molecular complexity index is 967. The summed E-state index contributed by atoms with van der Waals surface area (Å²) in [6.07, 6.45) is -4.74. The molecule has 0 saturated heterocycles. The molecule has 1 heterocycles. The Hall–Kier alpha value is -3.07. The number of rotatable bonds is 4. The average Bonchev–Trinajstić information content (AvgIpc) is 3.07. The third-order valence-electron chi connectivity index (χ3n) is 3.56. The number of alkyl halides is 3. The molecule has 0 bridgehead atoms. The summed E-state index contributed by atoms with van der Waals surface area (Å²) < 4.78 is 43.9. The molecule has 5 nitrogen and oxygen atoms in total. The second-order valence-electron chi connectivity index (χ2n) is 5.23. The Kier molecular flexibility index (Phi) is 4.56. The lowest BCUT2D eigenvalue weighted by molar-refractivity contribution is -0.384. The molecule has 0 fully saturated rings. The van der Waals surface area contributed by atoms with Crippen LogP contribution in [-0.2, 0) is 6.18 Å². The number of halogens is 3. The largest absolute Gasteiger partial charge is 0.427 e. The minimum atomic E-state index is -4.74. The van der Waals surface area contributed by atoms with Crippen LogP contribution in [0, 0.1) is 10.1 Å². The van der Waals surface area contributed by atoms with Crippen molar-refractivity contribution in [3.8, 4) is 11.3 Å². The predicted octanol–water partition coefficient (Wildman–Crippen LogP) is 4.97. The normalized spacial score (nSPS) is 11.3. The van der Waals surface area contributed by atoms with Crippen LogP contribution in [0.15, 0.2) is 54.6 Å². The minimum Gasteiger partial charge on any atom is -0.288 e. The summed E-state index contributed by atoms with van der Waals surface area (Å²) >= 11 is 0.205. The fraction of sp³-hybridized carbons (Fsp3) is 0.0588. The maximum Gasteiger partial charge on any atom is 0.427 e. The highest BCUT2D eigenvalue weighted by Gasteiger charge is 2.40. The van der Waals surface area contributed by atoms with E-state index < -0.39 is 27.3 Å². The molecule has 9 heteroatoms. The van der Waals surface area contributed by atoms with Gasteiger partial charge in [-0.25, -0.2) is 0 Å². The first-order valence-corrected chi connectivity index (χ1v) is 7.98. The van der Waals surface area contributed by atoms with Gasteiger partial charge in [-0.2, -0.15) is 17.5 Å². The van der Waals surface area contributed by atoms with Crippen LogP contribution in [0.2, 0.25) is 0 Å². The van der Waals surface area contributed by atoms with Crippen LogP contribution in [-0.4, -0.2) is 15.1 Å². The summed E-state index contributed by atoms with van der Waals surface area (Å²) in [7, 11) is 0. The summed E-state index contributed by atoms with van der Waals surface area (Å²) in [5.41, 5.74) is -0.582. The molecule has 0 spiro atoms. The molecule has 0 amide bonds. The Morgan fingerprint density at radius 1 is 1.04 bits per heavy atom. The van der Waals surface area contributed by atoms with E-state index in [2.05, 4.69) is 4.37 Å². The van der Waals surface area contributed by atoms with Crippen molar-refractivity contribution in [2.24, 2.45) is 0 Å². The third-order valence-corrected chi connectivity index (χ3v) is 4.46. The fourth-order valence-electron chi connectivity index (χ4n) is 2.37. The number of nitro benzene ring substituents is 1. The zero-order valence-electron chi connectivity index (χ0n) is 12.9. The van der Waals surface area contributed by atoms with E-state index >= 15 is 0 Å². The number of nitrogens with zero attached hydrogens (tertiary/aromatic N) is 2. The molecule has 0 radical (unpaired) electrons. The van der Waals surface area contributed by atoms with Crippen molar-refractivity contribution in [2.45, 2.75) is 6.18 Å². The highest BCUT2D eigenvalue weighted by molar-refractivity contribution is 7.06. The van der Waals surface area contributed by atoms with Crippen LogP contribution in [0.4, 0.5) is 18.9 Å². The minimum absolute atomic E-state index is 0.0636. The number of hydrogen-bond acceptors (Lipinski definition) is 5. The van der Waals surface area contributed by atoms with E-state index in [1.165, 1.54) is 0 Å². The van der Waals surface area contributed by atoms with Crippen LogP contribution in [0.3, 0.4) is 0 Å². The fourth-order valence-corrected chi connectivity index (χ4v) is 3.13. The Morgan fingerprint density at radius 2 is 1.65 bits per heavy atom. The molecule has 26 heavy (non-hydrogen) atoms. The topological polar surface area (TPSA) is 73.1 Å². The van der Waals surface area contributed by atoms with E-state index in [4.69, 9.17) is 0 Å². The number of aromatic nitrogens is 1. The Morgan fingerprint density at radius 3 is 2.19 bits per heavy atom. The number of nitro groups is 1. The summed E-state index contributed by atoms with van der Waals surface area (Å²) in [6, 6.07) is 12.5. The van der Waals surface area contributed by atoms with E-state index in [-0.39, 0.29) is 28.5 Å². The SMILES string of the molecule is O=C(c1ccc([N+](=O)[O-])cc1)c1c(-c2ccccc2)nsc1C(F)(F)F. The number of carbonyl (C=O) groups is 1. The van der Waals surface area contributed by atoms with Crippen molar-refractivity contribution in [2.75, 3.05) is 0 Å². The van der Waals surface area contributed by atoms with Gasteiger partial charge in [0.15, 0.2) is 5.78 Å². The van der Waals surface area contributed by atoms with Gasteiger partial charge in [0, 0.05) is 23.3 Å². The summed E-state index contributed by atoms with van der Waals surface area (Å²) in [4.78, 5) is 21.7. The van der Waals surface area contributed by atoms with Crippen LogP contribution >= 0.6 is 11.5 Å². The molecule has 0 aliphatic heterocycles. The second kappa shape index (κ2) is 6.68. The number of non-ortho nitro benzene ring substituents is 1. The van der Waals surface area contributed by atoms with Crippen LogP contribution < -0.4 is 0 Å². The van der Waals surface area contributed by atoms with Gasteiger partial charge in [0.05, 0.1) is 16.2 Å². The number of ketones is 1. The van der Waals surface area contributed by atoms with Gasteiger partial charge >= 0.3 is 6.18 Å². The Labute approximate surface area is 149 Å². The number of hydrogen-bond donors (Lipinski definition) is 0. The first kappa shape index (κ1) is 17.7. The van der Waals surface area contributed by atoms with E-state index in [0.29, 0.717) is 5.56 Å². The molecule has 132 valence electrons. The quantitative estimate of drug-likeness (QED) is 0.365.